The molecule has 1 N–H and O–H groups in total. The van der Waals surface area contributed by atoms with Gasteiger partial charge in [-0.2, -0.15) is 0 Å². The third-order valence-corrected chi connectivity index (χ3v) is 2.53. The normalized spacial score (nSPS) is 10.2. The lowest BCUT2D eigenvalue weighted by Gasteiger charge is -2.01. The minimum atomic E-state index is 0.00637. The number of aromatic nitrogens is 1. The van der Waals surface area contributed by atoms with Crippen molar-refractivity contribution in [1.29, 1.82) is 0 Å². The van der Waals surface area contributed by atoms with Crippen LogP contribution in [0, 0.1) is 0 Å². The molecule has 0 bridgehead atoms. The maximum absolute atomic E-state index is 11.5. The van der Waals surface area contributed by atoms with Crippen molar-refractivity contribution in [2.75, 3.05) is 6.61 Å². The summed E-state index contributed by atoms with van der Waals surface area (Å²) in [5.74, 6) is 0.561. The molecule has 1 aromatic heterocycles. The predicted molar refractivity (Wildman–Crippen MR) is 67.4 cm³/mol. The second kappa shape index (κ2) is 4.87. The number of nitrogens with one attached hydrogen (secondary N) is 1. The third kappa shape index (κ3) is 2.38. The van der Waals surface area contributed by atoms with Crippen molar-refractivity contribution in [1.82, 2.24) is 4.98 Å². The first-order chi connectivity index (χ1) is 8.22. The summed E-state index contributed by atoms with van der Waals surface area (Å²) in [6, 6.07) is 11.7. The van der Waals surface area contributed by atoms with E-state index >= 15 is 0 Å². The summed E-state index contributed by atoms with van der Waals surface area (Å²) in [5.41, 5.74) is 2.55. The van der Waals surface area contributed by atoms with E-state index in [1.807, 2.05) is 43.3 Å². The predicted octanol–water partition coefficient (Wildman–Crippen LogP) is 3.28. The van der Waals surface area contributed by atoms with Gasteiger partial charge in [0.2, 0.25) is 5.88 Å². The second-order valence-electron chi connectivity index (χ2n) is 3.78. The number of rotatable bonds is 4. The maximum Gasteiger partial charge on any atom is 0.202 e. The molecule has 3 heteroatoms. The Morgan fingerprint density at radius 1 is 1.29 bits per heavy atom. The Bertz CT molecular complexity index is 514. The largest absolute Gasteiger partial charge is 0.479 e. The maximum atomic E-state index is 11.5. The number of ketones is 1. The lowest BCUT2D eigenvalue weighted by Crippen LogP contribution is -1.98. The van der Waals surface area contributed by atoms with Crippen LogP contribution in [0.1, 0.15) is 24.2 Å². The van der Waals surface area contributed by atoms with E-state index in [0.29, 0.717) is 18.1 Å². The van der Waals surface area contributed by atoms with Gasteiger partial charge in [0.1, 0.15) is 0 Å². The van der Waals surface area contributed by atoms with Gasteiger partial charge in [-0.05, 0) is 25.5 Å². The molecule has 0 saturated heterocycles. The van der Waals surface area contributed by atoms with Crippen molar-refractivity contribution < 1.29 is 9.53 Å². The number of ether oxygens (including phenoxy) is 1. The van der Waals surface area contributed by atoms with E-state index in [4.69, 9.17) is 4.74 Å². The first-order valence-electron chi connectivity index (χ1n) is 5.64. The number of carbonyl (C=O) groups is 1. The van der Waals surface area contributed by atoms with Crippen LogP contribution in [0.25, 0.3) is 11.3 Å². The number of hydrogen-bond donors (Lipinski definition) is 1. The van der Waals surface area contributed by atoms with Crippen molar-refractivity contribution in [3.63, 3.8) is 0 Å². The van der Waals surface area contributed by atoms with Crippen LogP contribution >= 0.6 is 0 Å². The topological polar surface area (TPSA) is 42.1 Å². The highest BCUT2D eigenvalue weighted by atomic mass is 16.5. The molecule has 0 saturated carbocycles. The molecule has 0 atom stereocenters. The Morgan fingerprint density at radius 2 is 2.00 bits per heavy atom. The molecule has 0 radical (unpaired) electrons. The molecule has 3 nitrogen and oxygen atoms in total. The Kier molecular flexibility index (Phi) is 3.28. The van der Waals surface area contributed by atoms with Crippen LogP contribution in [0.3, 0.4) is 0 Å². The van der Waals surface area contributed by atoms with Crippen LogP contribution in [-0.2, 0) is 0 Å². The molecule has 1 aromatic carbocycles. The van der Waals surface area contributed by atoms with Crippen LogP contribution in [0.5, 0.6) is 5.88 Å². The average molecular weight is 229 g/mol. The van der Waals surface area contributed by atoms with Gasteiger partial charge in [-0.15, -0.1) is 0 Å². The highest BCUT2D eigenvalue weighted by Gasteiger charge is 2.13. The smallest absolute Gasteiger partial charge is 0.202 e. The van der Waals surface area contributed by atoms with Gasteiger partial charge in [-0.3, -0.25) is 4.79 Å². The zero-order chi connectivity index (χ0) is 12.3. The quantitative estimate of drug-likeness (QED) is 0.817. The van der Waals surface area contributed by atoms with Gasteiger partial charge in [-0.1, -0.05) is 30.3 Å². The van der Waals surface area contributed by atoms with Gasteiger partial charge in [0.25, 0.3) is 0 Å². The molecule has 0 fully saturated rings. The van der Waals surface area contributed by atoms with E-state index < -0.39 is 0 Å². The second-order valence-corrected chi connectivity index (χ2v) is 3.78. The molecular formula is C14H15NO2. The van der Waals surface area contributed by atoms with E-state index in [1.165, 1.54) is 0 Å². The number of Topliss-reactive ketones (excluding diaryl/α,β-unsaturated/α-hetero) is 1. The molecule has 0 amide bonds. The number of benzene rings is 1. The minimum Gasteiger partial charge on any atom is -0.479 e. The Morgan fingerprint density at radius 3 is 2.59 bits per heavy atom. The van der Waals surface area contributed by atoms with Gasteiger partial charge >= 0.3 is 0 Å². The third-order valence-electron chi connectivity index (χ3n) is 2.53. The van der Waals surface area contributed by atoms with Gasteiger partial charge in [0.15, 0.2) is 5.78 Å². The SMILES string of the molecule is CCOc1[nH]c(-c2ccccc2)cc1C(C)=O. The van der Waals surface area contributed by atoms with Crippen molar-refractivity contribution >= 4 is 5.78 Å². The summed E-state index contributed by atoms with van der Waals surface area (Å²) in [7, 11) is 0. The van der Waals surface area contributed by atoms with Crippen LogP contribution < -0.4 is 4.74 Å². The lowest BCUT2D eigenvalue weighted by atomic mass is 10.1. The molecule has 0 aliphatic rings. The highest BCUT2D eigenvalue weighted by Crippen LogP contribution is 2.26. The molecule has 2 aromatic rings. The first kappa shape index (κ1) is 11.5. The number of aromatic amines is 1. The van der Waals surface area contributed by atoms with E-state index in [9.17, 15) is 4.79 Å². The molecule has 0 spiro atoms. The standard InChI is InChI=1S/C14H15NO2/c1-3-17-14-12(10(2)16)9-13(15-14)11-7-5-4-6-8-11/h4-9,15H,3H2,1-2H3. The fourth-order valence-corrected chi connectivity index (χ4v) is 1.73. The summed E-state index contributed by atoms with van der Waals surface area (Å²) in [6.07, 6.45) is 0. The Labute approximate surface area is 100 Å². The van der Waals surface area contributed by atoms with E-state index in [-0.39, 0.29) is 5.78 Å². The van der Waals surface area contributed by atoms with E-state index in [2.05, 4.69) is 4.98 Å². The van der Waals surface area contributed by atoms with Crippen molar-refractivity contribution in [2.45, 2.75) is 13.8 Å². The molecule has 0 aliphatic carbocycles. The van der Waals surface area contributed by atoms with Crippen molar-refractivity contribution in [2.24, 2.45) is 0 Å². The average Bonchev–Trinajstić information content (AvgIpc) is 2.75. The fraction of sp³-hybridized carbons (Fsp3) is 0.214. The molecule has 0 aliphatic heterocycles. The summed E-state index contributed by atoms with van der Waals surface area (Å²) in [5, 5.41) is 0. The summed E-state index contributed by atoms with van der Waals surface area (Å²) >= 11 is 0. The zero-order valence-electron chi connectivity index (χ0n) is 9.99. The molecule has 2 rings (SSSR count). The monoisotopic (exact) mass is 229 g/mol. The Hall–Kier alpha value is -2.03. The van der Waals surface area contributed by atoms with Gasteiger partial charge < -0.3 is 9.72 Å². The van der Waals surface area contributed by atoms with E-state index in [0.717, 1.165) is 11.3 Å². The molecular weight excluding hydrogens is 214 g/mol. The van der Waals surface area contributed by atoms with Crippen molar-refractivity contribution in [3.8, 4) is 17.1 Å². The van der Waals surface area contributed by atoms with Crippen LogP contribution in [0.4, 0.5) is 0 Å². The molecule has 88 valence electrons. The molecule has 0 unspecified atom stereocenters. The van der Waals surface area contributed by atoms with Crippen molar-refractivity contribution in [3.05, 3.63) is 42.0 Å². The summed E-state index contributed by atoms with van der Waals surface area (Å²) < 4.78 is 5.42. The summed E-state index contributed by atoms with van der Waals surface area (Å²) in [6.45, 7) is 3.97. The summed E-state index contributed by atoms with van der Waals surface area (Å²) in [4.78, 5) is 14.6. The molecule has 1 heterocycles. The lowest BCUT2D eigenvalue weighted by molar-refractivity contribution is 0.101. The zero-order valence-corrected chi connectivity index (χ0v) is 9.99. The highest BCUT2D eigenvalue weighted by molar-refractivity contribution is 5.97. The van der Waals surface area contributed by atoms with Gasteiger partial charge in [0.05, 0.1) is 12.2 Å². The first-order valence-corrected chi connectivity index (χ1v) is 5.64. The van der Waals surface area contributed by atoms with E-state index in [1.54, 1.807) is 6.92 Å². The van der Waals surface area contributed by atoms with Gasteiger partial charge in [-0.25, -0.2) is 0 Å². The fourth-order valence-electron chi connectivity index (χ4n) is 1.73. The number of H-pyrrole nitrogens is 1. The van der Waals surface area contributed by atoms with Crippen LogP contribution in [0.2, 0.25) is 0 Å². The van der Waals surface area contributed by atoms with Crippen LogP contribution in [-0.4, -0.2) is 17.4 Å². The minimum absolute atomic E-state index is 0.00637. The number of hydrogen-bond acceptors (Lipinski definition) is 2. The van der Waals surface area contributed by atoms with Gasteiger partial charge in [0, 0.05) is 5.69 Å². The Balaban J connectivity index is 2.44. The van der Waals surface area contributed by atoms with Crippen LogP contribution in [0.15, 0.2) is 36.4 Å². The number of carbonyl (C=O) groups excluding carboxylic acids is 1. The molecule has 17 heavy (non-hydrogen) atoms.